The van der Waals surface area contributed by atoms with E-state index in [0.717, 1.165) is 18.4 Å². The fraction of sp³-hybridized carbons (Fsp3) is 0.600. The van der Waals surface area contributed by atoms with Crippen LogP contribution in [0.4, 0.5) is 4.39 Å². The van der Waals surface area contributed by atoms with Crippen LogP contribution < -0.4 is 5.73 Å². The average Bonchev–Trinajstić information content (AvgIpc) is 2.31. The predicted octanol–water partition coefficient (Wildman–Crippen LogP) is 4.28. The highest BCUT2D eigenvalue weighted by Crippen LogP contribution is 2.38. The zero-order chi connectivity index (χ0) is 13.3. The number of hydrogen-bond donors (Lipinski definition) is 1. The number of rotatable bonds is 2. The Morgan fingerprint density at radius 2 is 2.17 bits per heavy atom. The number of hydrogen-bond acceptors (Lipinski definition) is 1. The topological polar surface area (TPSA) is 26.0 Å². The van der Waals surface area contributed by atoms with Crippen LogP contribution in [0.2, 0.25) is 0 Å². The maximum absolute atomic E-state index is 13.2. The molecule has 2 N–H and O–H groups in total. The van der Waals surface area contributed by atoms with Crippen LogP contribution >= 0.6 is 15.9 Å². The Bertz CT molecular complexity index is 435. The van der Waals surface area contributed by atoms with Crippen LogP contribution in [0.25, 0.3) is 0 Å². The molecule has 1 aliphatic carbocycles. The van der Waals surface area contributed by atoms with E-state index in [4.69, 9.17) is 5.73 Å². The van der Waals surface area contributed by atoms with Crippen LogP contribution in [0.1, 0.15) is 38.7 Å². The first-order valence-electron chi connectivity index (χ1n) is 6.65. The highest BCUT2D eigenvalue weighted by atomic mass is 79.9. The Kier molecular flexibility index (Phi) is 4.12. The van der Waals surface area contributed by atoms with Crippen LogP contribution in [0, 0.1) is 17.7 Å². The van der Waals surface area contributed by atoms with Gasteiger partial charge in [-0.15, -0.1) is 0 Å². The smallest absolute Gasteiger partial charge is 0.137 e. The lowest BCUT2D eigenvalue weighted by Gasteiger charge is -2.43. The largest absolute Gasteiger partial charge is 0.325 e. The molecule has 1 nitrogen and oxygen atoms in total. The quantitative estimate of drug-likeness (QED) is 0.866. The van der Waals surface area contributed by atoms with Crippen molar-refractivity contribution >= 4 is 15.9 Å². The summed E-state index contributed by atoms with van der Waals surface area (Å²) in [5, 5.41) is 0. The molecule has 0 spiro atoms. The fourth-order valence-corrected chi connectivity index (χ4v) is 3.50. The Morgan fingerprint density at radius 1 is 1.44 bits per heavy atom. The van der Waals surface area contributed by atoms with Crippen LogP contribution in [0.5, 0.6) is 0 Å². The summed E-state index contributed by atoms with van der Waals surface area (Å²) >= 11 is 3.24. The van der Waals surface area contributed by atoms with E-state index in [0.29, 0.717) is 16.3 Å². The molecule has 0 saturated heterocycles. The van der Waals surface area contributed by atoms with E-state index in [1.54, 1.807) is 0 Å². The summed E-state index contributed by atoms with van der Waals surface area (Å²) in [6.45, 7) is 4.54. The van der Waals surface area contributed by atoms with Gasteiger partial charge in [0.1, 0.15) is 5.82 Å². The molecule has 3 unspecified atom stereocenters. The monoisotopic (exact) mass is 313 g/mol. The minimum Gasteiger partial charge on any atom is -0.325 e. The standard InChI is InChI=1S/C15H21BrFN/c1-10-4-3-7-15(18,11(10)2)9-12-5-6-14(17)13(16)8-12/h5-6,8,10-11H,3-4,7,9,18H2,1-2H3. The van der Waals surface area contributed by atoms with Crippen molar-refractivity contribution in [1.29, 1.82) is 0 Å². The van der Waals surface area contributed by atoms with E-state index < -0.39 is 0 Å². The number of benzene rings is 1. The van der Waals surface area contributed by atoms with Gasteiger partial charge in [-0.05, 0) is 58.3 Å². The van der Waals surface area contributed by atoms with Crippen LogP contribution in [-0.2, 0) is 6.42 Å². The summed E-state index contributed by atoms with van der Waals surface area (Å²) in [6, 6.07) is 5.22. The average molecular weight is 314 g/mol. The summed E-state index contributed by atoms with van der Waals surface area (Å²) < 4.78 is 13.8. The SMILES string of the molecule is CC1CCCC(N)(Cc2ccc(F)c(Br)c2)C1C. The second-order valence-corrected chi connectivity index (χ2v) is 6.67. The fourth-order valence-electron chi connectivity index (χ4n) is 3.08. The molecule has 100 valence electrons. The van der Waals surface area contributed by atoms with Crippen molar-refractivity contribution in [2.24, 2.45) is 17.6 Å². The molecule has 0 radical (unpaired) electrons. The molecule has 3 atom stereocenters. The molecule has 0 amide bonds. The molecule has 1 aliphatic rings. The first-order valence-corrected chi connectivity index (χ1v) is 7.44. The van der Waals surface area contributed by atoms with E-state index in [1.807, 2.05) is 12.1 Å². The van der Waals surface area contributed by atoms with E-state index in [-0.39, 0.29) is 11.4 Å². The van der Waals surface area contributed by atoms with Crippen molar-refractivity contribution in [3.63, 3.8) is 0 Å². The van der Waals surface area contributed by atoms with Gasteiger partial charge < -0.3 is 5.73 Å². The Hall–Kier alpha value is -0.410. The van der Waals surface area contributed by atoms with Gasteiger partial charge in [0.25, 0.3) is 0 Å². The zero-order valence-corrected chi connectivity index (χ0v) is 12.6. The van der Waals surface area contributed by atoms with E-state index in [9.17, 15) is 4.39 Å². The van der Waals surface area contributed by atoms with Crippen LogP contribution in [0.15, 0.2) is 22.7 Å². The minimum atomic E-state index is -0.213. The summed E-state index contributed by atoms with van der Waals surface area (Å²) in [5.41, 5.74) is 7.58. The van der Waals surface area contributed by atoms with Gasteiger partial charge in [0, 0.05) is 5.54 Å². The Balaban J connectivity index is 2.18. The van der Waals surface area contributed by atoms with Gasteiger partial charge in [0.15, 0.2) is 0 Å². The third-order valence-electron chi connectivity index (χ3n) is 4.58. The third kappa shape index (κ3) is 2.77. The summed E-state index contributed by atoms with van der Waals surface area (Å²) in [7, 11) is 0. The molecule has 0 aliphatic heterocycles. The zero-order valence-electron chi connectivity index (χ0n) is 11.0. The third-order valence-corrected chi connectivity index (χ3v) is 5.19. The van der Waals surface area contributed by atoms with Gasteiger partial charge in [-0.3, -0.25) is 0 Å². The van der Waals surface area contributed by atoms with Gasteiger partial charge in [0.2, 0.25) is 0 Å². The lowest BCUT2D eigenvalue weighted by molar-refractivity contribution is 0.143. The summed E-state index contributed by atoms with van der Waals surface area (Å²) in [6.07, 6.45) is 4.36. The van der Waals surface area contributed by atoms with Crippen molar-refractivity contribution in [3.8, 4) is 0 Å². The van der Waals surface area contributed by atoms with Crippen LogP contribution in [-0.4, -0.2) is 5.54 Å². The molecule has 1 aromatic carbocycles. The highest BCUT2D eigenvalue weighted by Gasteiger charge is 2.38. The molecular weight excluding hydrogens is 293 g/mol. The van der Waals surface area contributed by atoms with Crippen molar-refractivity contribution in [2.75, 3.05) is 0 Å². The first kappa shape index (κ1) is 14.0. The van der Waals surface area contributed by atoms with Crippen molar-refractivity contribution < 1.29 is 4.39 Å². The predicted molar refractivity (Wildman–Crippen MR) is 76.9 cm³/mol. The molecule has 1 aromatic rings. The van der Waals surface area contributed by atoms with E-state index >= 15 is 0 Å². The molecular formula is C15H21BrFN. The van der Waals surface area contributed by atoms with Crippen LogP contribution in [0.3, 0.4) is 0 Å². The summed E-state index contributed by atoms with van der Waals surface area (Å²) in [4.78, 5) is 0. The first-order chi connectivity index (χ1) is 8.42. The molecule has 2 rings (SSSR count). The normalized spacial score (nSPS) is 32.5. The lowest BCUT2D eigenvalue weighted by atomic mass is 9.66. The molecule has 3 heteroatoms. The lowest BCUT2D eigenvalue weighted by Crippen LogP contribution is -2.52. The maximum atomic E-state index is 13.2. The Morgan fingerprint density at radius 3 is 2.83 bits per heavy atom. The minimum absolute atomic E-state index is 0.144. The highest BCUT2D eigenvalue weighted by molar-refractivity contribution is 9.10. The second-order valence-electron chi connectivity index (χ2n) is 5.82. The van der Waals surface area contributed by atoms with Gasteiger partial charge >= 0.3 is 0 Å². The van der Waals surface area contributed by atoms with Crippen molar-refractivity contribution in [1.82, 2.24) is 0 Å². The van der Waals surface area contributed by atoms with Gasteiger partial charge in [0.05, 0.1) is 4.47 Å². The van der Waals surface area contributed by atoms with Crippen molar-refractivity contribution in [2.45, 2.75) is 45.1 Å². The Labute approximate surface area is 117 Å². The number of nitrogens with two attached hydrogens (primary N) is 1. The molecule has 0 aromatic heterocycles. The molecule has 0 bridgehead atoms. The summed E-state index contributed by atoms with van der Waals surface area (Å²) in [5.74, 6) is 0.970. The molecule has 1 fully saturated rings. The van der Waals surface area contributed by atoms with Gasteiger partial charge in [-0.25, -0.2) is 4.39 Å². The molecule has 1 saturated carbocycles. The second kappa shape index (κ2) is 5.30. The van der Waals surface area contributed by atoms with E-state index in [1.165, 1.54) is 18.9 Å². The molecule has 0 heterocycles. The molecule has 18 heavy (non-hydrogen) atoms. The number of halogens is 2. The van der Waals surface area contributed by atoms with Gasteiger partial charge in [-0.1, -0.05) is 32.8 Å². The van der Waals surface area contributed by atoms with E-state index in [2.05, 4.69) is 29.8 Å². The van der Waals surface area contributed by atoms with Gasteiger partial charge in [-0.2, -0.15) is 0 Å². The van der Waals surface area contributed by atoms with Crippen molar-refractivity contribution in [3.05, 3.63) is 34.1 Å². The maximum Gasteiger partial charge on any atom is 0.137 e.